The van der Waals surface area contributed by atoms with E-state index in [1.165, 1.54) is 77.6 Å². The van der Waals surface area contributed by atoms with Gasteiger partial charge in [-0.05, 0) is 37.1 Å². The number of aromatic nitrogens is 1. The summed E-state index contributed by atoms with van der Waals surface area (Å²) in [7, 11) is 8.48. The second-order valence-electron chi connectivity index (χ2n) is 8.83. The molecule has 0 spiro atoms. The highest BCUT2D eigenvalue weighted by atomic mass is 32.1. The number of nitrogens with zero attached hydrogens (tertiary/aromatic N) is 3. The molecule has 30 heavy (non-hydrogen) atoms. The SMILES string of the molecule is CCCCCCCCCCc1cc2nc3ccc(N(C)C)cc3sc-2cc1=[N+](C)C. The minimum Gasteiger partial charge on any atom is -0.378 e. The van der Waals surface area contributed by atoms with E-state index in [0.717, 1.165) is 17.6 Å². The van der Waals surface area contributed by atoms with Gasteiger partial charge in [0.05, 0.1) is 20.8 Å². The molecule has 2 aliphatic rings. The molecule has 1 aliphatic carbocycles. The summed E-state index contributed by atoms with van der Waals surface area (Å²) in [6.07, 6.45) is 12.0. The molecule has 0 bridgehead atoms. The topological polar surface area (TPSA) is 19.1 Å². The van der Waals surface area contributed by atoms with Crippen LogP contribution in [0.5, 0.6) is 0 Å². The van der Waals surface area contributed by atoms with Crippen LogP contribution in [0, 0.1) is 0 Å². The zero-order valence-corrected chi connectivity index (χ0v) is 20.3. The molecule has 0 aromatic heterocycles. The van der Waals surface area contributed by atoms with E-state index >= 15 is 0 Å². The largest absolute Gasteiger partial charge is 0.378 e. The Morgan fingerprint density at radius 1 is 0.900 bits per heavy atom. The van der Waals surface area contributed by atoms with Crippen LogP contribution >= 0.6 is 11.3 Å². The highest BCUT2D eigenvalue weighted by molar-refractivity contribution is 7.21. The van der Waals surface area contributed by atoms with Gasteiger partial charge in [-0.2, -0.15) is 0 Å². The van der Waals surface area contributed by atoms with E-state index < -0.39 is 0 Å². The molecule has 0 N–H and O–H groups in total. The third kappa shape index (κ3) is 5.81. The molecule has 0 unspecified atom stereocenters. The highest BCUT2D eigenvalue weighted by Gasteiger charge is 2.14. The van der Waals surface area contributed by atoms with Crippen LogP contribution in [0.1, 0.15) is 63.9 Å². The number of aryl methyl sites for hydroxylation is 1. The van der Waals surface area contributed by atoms with Crippen LogP contribution in [0.25, 0.3) is 20.8 Å². The summed E-state index contributed by atoms with van der Waals surface area (Å²) >= 11 is 1.85. The monoisotopic (exact) mass is 424 g/mol. The molecule has 1 aromatic carbocycles. The molecule has 4 heteroatoms. The van der Waals surface area contributed by atoms with Crippen molar-refractivity contribution in [3.8, 4) is 10.6 Å². The summed E-state index contributed by atoms with van der Waals surface area (Å²) in [5.41, 5.74) is 4.88. The van der Waals surface area contributed by atoms with Crippen LogP contribution in [0.2, 0.25) is 0 Å². The van der Waals surface area contributed by atoms with Crippen LogP contribution in [-0.2, 0) is 6.42 Å². The molecule has 1 heterocycles. The van der Waals surface area contributed by atoms with Gasteiger partial charge in [-0.15, -0.1) is 11.3 Å². The van der Waals surface area contributed by atoms with Crippen molar-refractivity contribution in [3.63, 3.8) is 0 Å². The molecule has 0 saturated carbocycles. The van der Waals surface area contributed by atoms with Gasteiger partial charge in [0.15, 0.2) is 0 Å². The number of anilines is 1. The molecular weight excluding hydrogens is 386 g/mol. The van der Waals surface area contributed by atoms with Gasteiger partial charge in [0.25, 0.3) is 0 Å². The number of rotatable bonds is 10. The lowest BCUT2D eigenvalue weighted by Crippen LogP contribution is -2.26. The molecule has 3 nitrogen and oxygen atoms in total. The number of benzene rings is 2. The molecule has 0 fully saturated rings. The molecule has 162 valence electrons. The van der Waals surface area contributed by atoms with E-state index in [2.05, 4.69) is 74.9 Å². The van der Waals surface area contributed by atoms with Crippen molar-refractivity contribution in [2.24, 2.45) is 0 Å². The molecule has 1 aromatic rings. The zero-order chi connectivity index (χ0) is 21.5. The van der Waals surface area contributed by atoms with Gasteiger partial charge in [0.1, 0.15) is 14.1 Å². The van der Waals surface area contributed by atoms with Crippen LogP contribution in [0.3, 0.4) is 0 Å². The molecule has 0 saturated heterocycles. The van der Waals surface area contributed by atoms with Crippen LogP contribution in [-0.4, -0.2) is 33.2 Å². The Bertz CT molecular complexity index is 999. The fourth-order valence-corrected chi connectivity index (χ4v) is 5.05. The van der Waals surface area contributed by atoms with Crippen molar-refractivity contribution in [1.82, 2.24) is 9.56 Å². The number of hydrogen-bond donors (Lipinski definition) is 0. The second kappa shape index (κ2) is 10.9. The van der Waals surface area contributed by atoms with Gasteiger partial charge in [0, 0.05) is 31.4 Å². The van der Waals surface area contributed by atoms with Crippen LogP contribution in [0.15, 0.2) is 30.3 Å². The minimum atomic E-state index is 1.09. The maximum absolute atomic E-state index is 5.00. The quantitative estimate of drug-likeness (QED) is 0.220. The van der Waals surface area contributed by atoms with E-state index in [1.54, 1.807) is 0 Å². The highest BCUT2D eigenvalue weighted by Crippen LogP contribution is 2.32. The zero-order valence-electron chi connectivity index (χ0n) is 19.5. The summed E-state index contributed by atoms with van der Waals surface area (Å²) in [5, 5.41) is 1.34. The van der Waals surface area contributed by atoms with Gasteiger partial charge >= 0.3 is 0 Å². The first-order valence-electron chi connectivity index (χ1n) is 11.5. The van der Waals surface area contributed by atoms with E-state index in [-0.39, 0.29) is 0 Å². The predicted octanol–water partition coefficient (Wildman–Crippen LogP) is 6.18. The van der Waals surface area contributed by atoms with Crippen molar-refractivity contribution in [2.75, 3.05) is 33.1 Å². The standard InChI is InChI=1S/C26H38N3S/c1-6-7-8-9-10-11-12-13-14-20-17-23-26(19-24(20)29(4)5)30-25-18-21(28(2)3)15-16-22(25)27-23/h15-19H,6-14H2,1-5H3/q+1. The molecular formula is C26H38N3S+. The number of fused-ring (bicyclic) bond motifs is 2. The molecule has 0 radical (unpaired) electrons. The first kappa shape index (κ1) is 22.7. The maximum Gasteiger partial charge on any atom is 0.204 e. The van der Waals surface area contributed by atoms with E-state index in [4.69, 9.17) is 4.98 Å². The van der Waals surface area contributed by atoms with Gasteiger partial charge in [-0.3, -0.25) is 0 Å². The smallest absolute Gasteiger partial charge is 0.204 e. The lowest BCUT2D eigenvalue weighted by Gasteiger charge is -2.14. The summed E-state index contributed by atoms with van der Waals surface area (Å²) in [4.78, 5) is 8.41. The van der Waals surface area contributed by atoms with Gasteiger partial charge < -0.3 is 4.90 Å². The fourth-order valence-electron chi connectivity index (χ4n) is 4.04. The maximum atomic E-state index is 5.00. The average Bonchev–Trinajstić information content (AvgIpc) is 2.73. The summed E-state index contributed by atoms with van der Waals surface area (Å²) in [6.45, 7) is 2.28. The van der Waals surface area contributed by atoms with E-state index in [9.17, 15) is 0 Å². The third-order valence-electron chi connectivity index (χ3n) is 5.86. The fraction of sp³-hybridized carbons (Fsp3) is 0.538. The summed E-state index contributed by atoms with van der Waals surface area (Å²) in [5.74, 6) is 0. The van der Waals surface area contributed by atoms with E-state index in [0.29, 0.717) is 0 Å². The van der Waals surface area contributed by atoms with Crippen molar-refractivity contribution in [1.29, 1.82) is 0 Å². The Labute approximate surface area is 186 Å². The average molecular weight is 425 g/mol. The lowest BCUT2D eigenvalue weighted by molar-refractivity contribution is 0.574. The molecule has 0 amide bonds. The van der Waals surface area contributed by atoms with E-state index in [1.807, 2.05) is 11.3 Å². The Hall–Kier alpha value is -1.94. The first-order valence-corrected chi connectivity index (χ1v) is 12.4. The van der Waals surface area contributed by atoms with Crippen LogP contribution in [0.4, 0.5) is 5.69 Å². The van der Waals surface area contributed by atoms with Crippen molar-refractivity contribution >= 4 is 27.2 Å². The normalized spacial score (nSPS) is 11.4. The Balaban J connectivity index is 1.78. The lowest BCUT2D eigenvalue weighted by atomic mass is 10.0. The molecule has 1 aliphatic heterocycles. The third-order valence-corrected chi connectivity index (χ3v) is 6.96. The summed E-state index contributed by atoms with van der Waals surface area (Å²) in [6, 6.07) is 11.2. The van der Waals surface area contributed by atoms with Crippen molar-refractivity contribution in [2.45, 2.75) is 64.7 Å². The van der Waals surface area contributed by atoms with Gasteiger partial charge in [0.2, 0.25) is 5.36 Å². The van der Waals surface area contributed by atoms with Crippen LogP contribution < -0.4 is 14.8 Å². The molecule has 3 rings (SSSR count). The molecule has 0 atom stereocenters. The Morgan fingerprint density at radius 2 is 1.60 bits per heavy atom. The van der Waals surface area contributed by atoms with Gasteiger partial charge in [-0.1, -0.05) is 51.9 Å². The Morgan fingerprint density at radius 3 is 2.27 bits per heavy atom. The number of hydrogen-bond acceptors (Lipinski definition) is 3. The van der Waals surface area contributed by atoms with Crippen molar-refractivity contribution < 1.29 is 0 Å². The Kier molecular flexibility index (Phi) is 8.26. The van der Waals surface area contributed by atoms with Crippen molar-refractivity contribution in [3.05, 3.63) is 41.3 Å². The first-order chi connectivity index (χ1) is 14.5. The van der Waals surface area contributed by atoms with Gasteiger partial charge in [-0.25, -0.2) is 9.56 Å². The second-order valence-corrected chi connectivity index (χ2v) is 9.91. The summed E-state index contributed by atoms with van der Waals surface area (Å²) < 4.78 is 3.50. The minimum absolute atomic E-state index is 1.09. The predicted molar refractivity (Wildman–Crippen MR) is 134 cm³/mol. The number of unbranched alkanes of at least 4 members (excludes halogenated alkanes) is 7.